The lowest BCUT2D eigenvalue weighted by molar-refractivity contribution is -0.136. The quantitative estimate of drug-likeness (QED) is 0.823. The number of benzene rings is 1. The SMILES string of the molecule is CC(=O)N(C)C1[C@H]2CN(C(=O)C3COc4ccccc4C3)C[C@@H]12. The van der Waals surface area contributed by atoms with Gasteiger partial charge in [-0.2, -0.15) is 0 Å². The van der Waals surface area contributed by atoms with Crippen molar-refractivity contribution in [1.29, 1.82) is 0 Å². The number of amides is 2. The molecule has 1 aromatic rings. The fourth-order valence-corrected chi connectivity index (χ4v) is 4.20. The first-order valence-corrected chi connectivity index (χ1v) is 8.29. The summed E-state index contributed by atoms with van der Waals surface area (Å²) in [7, 11) is 1.86. The zero-order valence-corrected chi connectivity index (χ0v) is 13.6. The third kappa shape index (κ3) is 2.38. The van der Waals surface area contributed by atoms with Crippen LogP contribution in [0.15, 0.2) is 24.3 Å². The van der Waals surface area contributed by atoms with E-state index in [0.717, 1.165) is 30.8 Å². The highest BCUT2D eigenvalue weighted by molar-refractivity contribution is 5.80. The highest BCUT2D eigenvalue weighted by Gasteiger charge is 2.59. The Morgan fingerprint density at radius 1 is 1.22 bits per heavy atom. The summed E-state index contributed by atoms with van der Waals surface area (Å²) in [6.07, 6.45) is 0.762. The van der Waals surface area contributed by atoms with E-state index in [-0.39, 0.29) is 17.7 Å². The largest absolute Gasteiger partial charge is 0.492 e. The second kappa shape index (κ2) is 5.25. The molecule has 2 unspecified atom stereocenters. The van der Waals surface area contributed by atoms with Crippen LogP contribution in [0.25, 0.3) is 0 Å². The van der Waals surface area contributed by atoms with E-state index >= 15 is 0 Å². The third-order valence-electron chi connectivity index (χ3n) is 5.63. The zero-order valence-electron chi connectivity index (χ0n) is 13.6. The summed E-state index contributed by atoms with van der Waals surface area (Å²) in [5.74, 6) is 2.07. The molecule has 1 aromatic carbocycles. The number of fused-ring (bicyclic) bond motifs is 2. The number of ether oxygens (including phenoxy) is 1. The number of hydrogen-bond donors (Lipinski definition) is 0. The average molecular weight is 314 g/mol. The summed E-state index contributed by atoms with van der Waals surface area (Å²) < 4.78 is 5.75. The molecule has 122 valence electrons. The zero-order chi connectivity index (χ0) is 16.1. The smallest absolute Gasteiger partial charge is 0.229 e. The summed E-state index contributed by atoms with van der Waals surface area (Å²) in [5, 5.41) is 0. The van der Waals surface area contributed by atoms with Gasteiger partial charge < -0.3 is 14.5 Å². The van der Waals surface area contributed by atoms with Crippen LogP contribution in [0.1, 0.15) is 12.5 Å². The molecule has 4 rings (SSSR count). The van der Waals surface area contributed by atoms with Gasteiger partial charge in [-0.15, -0.1) is 0 Å². The summed E-state index contributed by atoms with van der Waals surface area (Å²) in [4.78, 5) is 28.0. The Morgan fingerprint density at radius 2 is 1.91 bits per heavy atom. The summed E-state index contributed by atoms with van der Waals surface area (Å²) >= 11 is 0. The molecule has 0 aromatic heterocycles. The Balaban J connectivity index is 1.37. The van der Waals surface area contributed by atoms with E-state index in [1.807, 2.05) is 41.1 Å². The topological polar surface area (TPSA) is 49.9 Å². The molecule has 0 radical (unpaired) electrons. The van der Waals surface area contributed by atoms with E-state index < -0.39 is 0 Å². The summed E-state index contributed by atoms with van der Waals surface area (Å²) in [5.41, 5.74) is 1.12. The molecule has 2 amide bonds. The van der Waals surface area contributed by atoms with Gasteiger partial charge >= 0.3 is 0 Å². The molecule has 0 bridgehead atoms. The number of piperidine rings is 1. The lowest BCUT2D eigenvalue weighted by Gasteiger charge is -2.30. The van der Waals surface area contributed by atoms with Gasteiger partial charge in [-0.1, -0.05) is 18.2 Å². The number of rotatable bonds is 2. The molecule has 5 heteroatoms. The highest BCUT2D eigenvalue weighted by Crippen LogP contribution is 2.49. The maximum Gasteiger partial charge on any atom is 0.229 e. The number of nitrogens with zero attached hydrogens (tertiary/aromatic N) is 2. The molecule has 1 saturated carbocycles. The average Bonchev–Trinajstić information content (AvgIpc) is 3.05. The van der Waals surface area contributed by atoms with Crippen molar-refractivity contribution in [2.45, 2.75) is 19.4 Å². The molecule has 0 N–H and O–H groups in total. The molecule has 2 aliphatic heterocycles. The van der Waals surface area contributed by atoms with Gasteiger partial charge in [0.1, 0.15) is 12.4 Å². The number of para-hydroxylation sites is 1. The van der Waals surface area contributed by atoms with Crippen molar-refractivity contribution in [3.8, 4) is 5.75 Å². The van der Waals surface area contributed by atoms with Gasteiger partial charge in [-0.3, -0.25) is 9.59 Å². The van der Waals surface area contributed by atoms with Crippen molar-refractivity contribution in [1.82, 2.24) is 9.80 Å². The Labute approximate surface area is 136 Å². The van der Waals surface area contributed by atoms with Crippen LogP contribution in [0.2, 0.25) is 0 Å². The van der Waals surface area contributed by atoms with Crippen LogP contribution in [0.3, 0.4) is 0 Å². The maximum atomic E-state index is 12.8. The van der Waals surface area contributed by atoms with Gasteiger partial charge in [0.15, 0.2) is 0 Å². The first kappa shape index (κ1) is 14.5. The second-order valence-corrected chi connectivity index (χ2v) is 7.01. The lowest BCUT2D eigenvalue weighted by Crippen LogP contribution is -2.43. The van der Waals surface area contributed by atoms with Crippen LogP contribution in [0.5, 0.6) is 5.75 Å². The van der Waals surface area contributed by atoms with E-state index in [1.165, 1.54) is 0 Å². The Bertz CT molecular complexity index is 647. The van der Waals surface area contributed by atoms with Crippen molar-refractivity contribution in [2.24, 2.45) is 17.8 Å². The minimum absolute atomic E-state index is 0.0774. The highest BCUT2D eigenvalue weighted by atomic mass is 16.5. The van der Waals surface area contributed by atoms with Crippen molar-refractivity contribution in [2.75, 3.05) is 26.7 Å². The molecular weight excluding hydrogens is 292 g/mol. The first-order chi connectivity index (χ1) is 11.1. The van der Waals surface area contributed by atoms with E-state index in [0.29, 0.717) is 24.5 Å². The van der Waals surface area contributed by atoms with Gasteiger partial charge in [-0.05, 0) is 18.1 Å². The lowest BCUT2D eigenvalue weighted by atomic mass is 9.95. The summed E-state index contributed by atoms with van der Waals surface area (Å²) in [6, 6.07) is 8.28. The molecular formula is C18H22N2O3. The van der Waals surface area contributed by atoms with Crippen LogP contribution in [-0.4, -0.2) is 54.4 Å². The van der Waals surface area contributed by atoms with E-state index in [4.69, 9.17) is 4.74 Å². The van der Waals surface area contributed by atoms with Gasteiger partial charge in [0, 0.05) is 44.9 Å². The number of carbonyl (C=O) groups is 2. The van der Waals surface area contributed by atoms with Crippen LogP contribution >= 0.6 is 0 Å². The van der Waals surface area contributed by atoms with Crippen molar-refractivity contribution in [3.63, 3.8) is 0 Å². The van der Waals surface area contributed by atoms with E-state index in [9.17, 15) is 9.59 Å². The predicted molar refractivity (Wildman–Crippen MR) is 84.9 cm³/mol. The Morgan fingerprint density at radius 3 is 2.61 bits per heavy atom. The first-order valence-electron chi connectivity index (χ1n) is 8.29. The minimum Gasteiger partial charge on any atom is -0.492 e. The van der Waals surface area contributed by atoms with Gasteiger partial charge in [-0.25, -0.2) is 0 Å². The van der Waals surface area contributed by atoms with Crippen LogP contribution in [0.4, 0.5) is 0 Å². The van der Waals surface area contributed by atoms with Crippen molar-refractivity contribution >= 4 is 11.8 Å². The molecule has 2 fully saturated rings. The second-order valence-electron chi connectivity index (χ2n) is 7.01. The molecule has 3 aliphatic rings. The van der Waals surface area contributed by atoms with Gasteiger partial charge in [0.05, 0.1) is 5.92 Å². The fraction of sp³-hybridized carbons (Fsp3) is 0.556. The monoisotopic (exact) mass is 314 g/mol. The van der Waals surface area contributed by atoms with E-state index in [1.54, 1.807) is 6.92 Å². The maximum absolute atomic E-state index is 12.8. The molecule has 2 heterocycles. The predicted octanol–water partition coefficient (Wildman–Crippen LogP) is 1.17. The van der Waals surface area contributed by atoms with Gasteiger partial charge in [0.25, 0.3) is 0 Å². The molecule has 1 saturated heterocycles. The molecule has 23 heavy (non-hydrogen) atoms. The van der Waals surface area contributed by atoms with Crippen LogP contribution < -0.4 is 4.74 Å². The fourth-order valence-electron chi connectivity index (χ4n) is 4.20. The summed E-state index contributed by atoms with van der Waals surface area (Å²) in [6.45, 7) is 3.64. The Hall–Kier alpha value is -2.04. The van der Waals surface area contributed by atoms with Gasteiger partial charge in [0.2, 0.25) is 11.8 Å². The van der Waals surface area contributed by atoms with Crippen molar-refractivity contribution in [3.05, 3.63) is 29.8 Å². The molecule has 5 nitrogen and oxygen atoms in total. The number of carbonyl (C=O) groups excluding carboxylic acids is 2. The number of hydrogen-bond acceptors (Lipinski definition) is 3. The molecule has 0 spiro atoms. The van der Waals surface area contributed by atoms with Crippen LogP contribution in [0, 0.1) is 17.8 Å². The minimum atomic E-state index is -0.0774. The molecule has 4 atom stereocenters. The van der Waals surface area contributed by atoms with Crippen LogP contribution in [-0.2, 0) is 16.0 Å². The van der Waals surface area contributed by atoms with Crippen molar-refractivity contribution < 1.29 is 14.3 Å². The standard InChI is InChI=1S/C18H22N2O3/c1-11(21)19(2)17-14-8-20(9-15(14)17)18(22)13-7-12-5-3-4-6-16(12)23-10-13/h3-6,13-15,17H,7-10H2,1-2H3/t13?,14-,15+,17?. The Kier molecular flexibility index (Phi) is 3.32. The van der Waals surface area contributed by atoms with E-state index in [2.05, 4.69) is 0 Å². The number of likely N-dealkylation sites (tertiary alicyclic amines) is 1. The normalized spacial score (nSPS) is 31.0. The third-order valence-corrected chi connectivity index (χ3v) is 5.63. The molecule has 1 aliphatic carbocycles.